The molecule has 2 heterocycles. The number of hydrogen-bond donors (Lipinski definition) is 0. The number of fused-ring (bicyclic) bond motifs is 6. The van der Waals surface area contributed by atoms with Crippen LogP contribution in [-0.4, -0.2) is 9.61 Å². The summed E-state index contributed by atoms with van der Waals surface area (Å²) in [6, 6.07) is 21.9. The first-order valence-corrected chi connectivity index (χ1v) is 9.00. The van der Waals surface area contributed by atoms with Gasteiger partial charge in [0.05, 0.1) is 17.2 Å². The van der Waals surface area contributed by atoms with Crippen LogP contribution >= 0.6 is 0 Å². The number of benzene rings is 3. The molecule has 0 aliphatic heterocycles. The molecule has 3 aromatic carbocycles. The zero-order chi connectivity index (χ0) is 17.8. The van der Waals surface area contributed by atoms with Gasteiger partial charge in [-0.25, -0.2) is 4.52 Å². The van der Waals surface area contributed by atoms with Crippen molar-refractivity contribution in [1.82, 2.24) is 9.61 Å². The summed E-state index contributed by atoms with van der Waals surface area (Å²) in [6.45, 7) is 6.51. The predicted octanol–water partition coefficient (Wildman–Crippen LogP) is 6.23. The Labute approximate surface area is 152 Å². The lowest BCUT2D eigenvalue weighted by molar-refractivity contribution is 1.01. The zero-order valence-electron chi connectivity index (χ0n) is 15.2. The molecule has 5 rings (SSSR count). The fourth-order valence-corrected chi connectivity index (χ4v) is 3.92. The maximum atomic E-state index is 4.67. The SMILES string of the molecule is Cc1cc2c3cc(-c4ccccc4)ccc3n3ncc(C)c3c2cc1C. The van der Waals surface area contributed by atoms with E-state index < -0.39 is 0 Å². The predicted molar refractivity (Wildman–Crippen MR) is 110 cm³/mol. The van der Waals surface area contributed by atoms with Crippen molar-refractivity contribution in [2.75, 3.05) is 0 Å². The van der Waals surface area contributed by atoms with Crippen molar-refractivity contribution in [2.45, 2.75) is 20.8 Å². The summed E-state index contributed by atoms with van der Waals surface area (Å²) in [5.41, 5.74) is 8.70. The van der Waals surface area contributed by atoms with Crippen molar-refractivity contribution in [3.63, 3.8) is 0 Å². The molecule has 0 saturated heterocycles. The quantitative estimate of drug-likeness (QED) is 0.332. The van der Waals surface area contributed by atoms with E-state index >= 15 is 0 Å². The van der Waals surface area contributed by atoms with E-state index in [1.165, 1.54) is 49.5 Å². The molecule has 0 bridgehead atoms. The van der Waals surface area contributed by atoms with Crippen molar-refractivity contribution < 1.29 is 0 Å². The first-order chi connectivity index (χ1) is 12.6. The summed E-state index contributed by atoms with van der Waals surface area (Å²) in [4.78, 5) is 0. The first kappa shape index (κ1) is 15.2. The molecule has 126 valence electrons. The molecule has 0 aliphatic rings. The number of hydrogen-bond acceptors (Lipinski definition) is 1. The van der Waals surface area contributed by atoms with Gasteiger partial charge < -0.3 is 0 Å². The summed E-state index contributed by atoms with van der Waals surface area (Å²) in [5.74, 6) is 0. The molecule has 2 aromatic heterocycles. The molecule has 0 amide bonds. The van der Waals surface area contributed by atoms with Gasteiger partial charge in [-0.2, -0.15) is 5.10 Å². The number of nitrogens with zero attached hydrogens (tertiary/aromatic N) is 2. The lowest BCUT2D eigenvalue weighted by Gasteiger charge is -2.13. The van der Waals surface area contributed by atoms with Gasteiger partial charge in [-0.3, -0.25) is 0 Å². The van der Waals surface area contributed by atoms with Crippen LogP contribution in [0.1, 0.15) is 16.7 Å². The Morgan fingerprint density at radius 3 is 2.15 bits per heavy atom. The van der Waals surface area contributed by atoms with Crippen LogP contribution in [-0.2, 0) is 0 Å². The molecular weight excluding hydrogens is 316 g/mol. The van der Waals surface area contributed by atoms with Crippen LogP contribution in [0.3, 0.4) is 0 Å². The van der Waals surface area contributed by atoms with Gasteiger partial charge in [0, 0.05) is 10.8 Å². The fourth-order valence-electron chi connectivity index (χ4n) is 3.92. The molecule has 0 aliphatic carbocycles. The second-order valence-corrected chi connectivity index (χ2v) is 7.17. The Bertz CT molecular complexity index is 1290. The largest absolute Gasteiger partial charge is 0.232 e. The number of aryl methyl sites for hydroxylation is 3. The Morgan fingerprint density at radius 2 is 1.38 bits per heavy atom. The van der Waals surface area contributed by atoms with E-state index in [4.69, 9.17) is 0 Å². The molecule has 0 N–H and O–H groups in total. The fraction of sp³-hybridized carbons (Fsp3) is 0.125. The summed E-state index contributed by atoms with van der Waals surface area (Å²) in [5, 5.41) is 8.50. The molecule has 2 nitrogen and oxygen atoms in total. The zero-order valence-corrected chi connectivity index (χ0v) is 15.2. The molecule has 0 fully saturated rings. The normalized spacial score (nSPS) is 11.7. The Kier molecular flexibility index (Phi) is 3.17. The van der Waals surface area contributed by atoms with E-state index in [0.29, 0.717) is 0 Å². The molecule has 0 saturated carbocycles. The molecule has 0 radical (unpaired) electrons. The highest BCUT2D eigenvalue weighted by Crippen LogP contribution is 2.35. The van der Waals surface area contributed by atoms with Gasteiger partial charge in [0.1, 0.15) is 0 Å². The molecule has 26 heavy (non-hydrogen) atoms. The van der Waals surface area contributed by atoms with Crippen molar-refractivity contribution in [3.05, 3.63) is 83.6 Å². The number of aromatic nitrogens is 2. The van der Waals surface area contributed by atoms with Gasteiger partial charge in [0.15, 0.2) is 0 Å². The van der Waals surface area contributed by atoms with Crippen LogP contribution < -0.4 is 0 Å². The molecule has 5 aromatic rings. The Balaban J connectivity index is 1.99. The third-order valence-electron chi connectivity index (χ3n) is 5.46. The molecule has 0 spiro atoms. The lowest BCUT2D eigenvalue weighted by atomic mass is 9.96. The van der Waals surface area contributed by atoms with E-state index in [0.717, 1.165) is 5.52 Å². The molecule has 2 heteroatoms. The van der Waals surface area contributed by atoms with Crippen molar-refractivity contribution in [3.8, 4) is 11.1 Å². The van der Waals surface area contributed by atoms with Gasteiger partial charge in [0.25, 0.3) is 0 Å². The second kappa shape index (κ2) is 5.43. The molecular formula is C24H20N2. The highest BCUT2D eigenvalue weighted by atomic mass is 15.2. The van der Waals surface area contributed by atoms with Crippen molar-refractivity contribution in [2.24, 2.45) is 0 Å². The highest BCUT2D eigenvalue weighted by Gasteiger charge is 2.13. The number of rotatable bonds is 1. The van der Waals surface area contributed by atoms with Crippen LogP contribution in [0.25, 0.3) is 38.3 Å². The van der Waals surface area contributed by atoms with Gasteiger partial charge in [-0.1, -0.05) is 42.5 Å². The maximum Gasteiger partial charge on any atom is 0.0776 e. The lowest BCUT2D eigenvalue weighted by Crippen LogP contribution is -1.95. The van der Waals surface area contributed by atoms with Gasteiger partial charge in [-0.05, 0) is 72.2 Å². The topological polar surface area (TPSA) is 17.3 Å². The van der Waals surface area contributed by atoms with Crippen LogP contribution in [0.4, 0.5) is 0 Å². The Morgan fingerprint density at radius 1 is 0.654 bits per heavy atom. The van der Waals surface area contributed by atoms with E-state index in [-0.39, 0.29) is 0 Å². The minimum absolute atomic E-state index is 1.16. The van der Waals surface area contributed by atoms with Crippen LogP contribution in [0.5, 0.6) is 0 Å². The van der Waals surface area contributed by atoms with E-state index in [2.05, 4.69) is 91.0 Å². The molecule has 0 unspecified atom stereocenters. The second-order valence-electron chi connectivity index (χ2n) is 7.17. The minimum atomic E-state index is 1.16. The third kappa shape index (κ3) is 2.08. The standard InChI is InChI=1S/C24H20N2/c1-15-11-20-21-13-19(18-7-5-4-6-8-18)9-10-23(21)26-24(17(3)14-25-26)22(20)12-16(15)2/h4-14H,1-3H3. The van der Waals surface area contributed by atoms with Crippen LogP contribution in [0.15, 0.2) is 66.9 Å². The average molecular weight is 336 g/mol. The first-order valence-electron chi connectivity index (χ1n) is 9.00. The van der Waals surface area contributed by atoms with Gasteiger partial charge >= 0.3 is 0 Å². The minimum Gasteiger partial charge on any atom is -0.232 e. The van der Waals surface area contributed by atoms with Crippen molar-refractivity contribution >= 4 is 27.2 Å². The smallest absolute Gasteiger partial charge is 0.0776 e. The molecule has 0 atom stereocenters. The third-order valence-corrected chi connectivity index (χ3v) is 5.46. The van der Waals surface area contributed by atoms with Gasteiger partial charge in [0.2, 0.25) is 0 Å². The van der Waals surface area contributed by atoms with Crippen LogP contribution in [0, 0.1) is 20.8 Å². The van der Waals surface area contributed by atoms with E-state index in [9.17, 15) is 0 Å². The van der Waals surface area contributed by atoms with Crippen molar-refractivity contribution in [1.29, 1.82) is 0 Å². The average Bonchev–Trinajstić information content (AvgIpc) is 3.06. The highest BCUT2D eigenvalue weighted by molar-refractivity contribution is 6.14. The summed E-state index contributed by atoms with van der Waals surface area (Å²) in [7, 11) is 0. The summed E-state index contributed by atoms with van der Waals surface area (Å²) < 4.78 is 2.09. The summed E-state index contributed by atoms with van der Waals surface area (Å²) in [6.07, 6.45) is 1.97. The van der Waals surface area contributed by atoms with Crippen LogP contribution in [0.2, 0.25) is 0 Å². The maximum absolute atomic E-state index is 4.67. The van der Waals surface area contributed by atoms with E-state index in [1.807, 2.05) is 6.20 Å². The van der Waals surface area contributed by atoms with E-state index in [1.54, 1.807) is 0 Å². The Hall–Kier alpha value is -3.13. The number of pyridine rings is 1. The summed E-state index contributed by atoms with van der Waals surface area (Å²) >= 11 is 0. The monoisotopic (exact) mass is 336 g/mol. The van der Waals surface area contributed by atoms with Gasteiger partial charge in [-0.15, -0.1) is 0 Å².